The number of thiazole rings is 1. The van der Waals surface area contributed by atoms with Gasteiger partial charge in [-0.3, -0.25) is 4.79 Å². The third kappa shape index (κ3) is 3.29. The molecule has 0 aliphatic carbocycles. The summed E-state index contributed by atoms with van der Waals surface area (Å²) in [5.74, 6) is -0.133. The Kier molecular flexibility index (Phi) is 4.20. The van der Waals surface area contributed by atoms with E-state index in [1.54, 1.807) is 48.0 Å². The second-order valence-electron chi connectivity index (χ2n) is 4.54. The molecule has 0 fully saturated rings. The molecule has 0 atom stereocenters. The molecule has 0 saturated carbocycles. The summed E-state index contributed by atoms with van der Waals surface area (Å²) in [5, 5.41) is 5.03. The van der Waals surface area contributed by atoms with Crippen molar-refractivity contribution in [3.05, 3.63) is 59.3 Å². The summed E-state index contributed by atoms with van der Waals surface area (Å²) >= 11 is 1.33. The molecule has 0 radical (unpaired) electrons. The van der Waals surface area contributed by atoms with Crippen LogP contribution in [0, 0.1) is 0 Å². The van der Waals surface area contributed by atoms with Crippen molar-refractivity contribution in [2.75, 3.05) is 12.4 Å². The number of furan rings is 1. The van der Waals surface area contributed by atoms with Gasteiger partial charge < -0.3 is 14.5 Å². The van der Waals surface area contributed by atoms with Crippen molar-refractivity contribution >= 4 is 28.9 Å². The first-order chi connectivity index (χ1) is 11.2. The number of nitrogens with zero attached hydrogens (tertiary/aromatic N) is 1. The van der Waals surface area contributed by atoms with E-state index >= 15 is 0 Å². The molecule has 2 heterocycles. The van der Waals surface area contributed by atoms with Crippen LogP contribution < -0.4 is 5.32 Å². The van der Waals surface area contributed by atoms with E-state index in [1.807, 2.05) is 0 Å². The smallest absolute Gasteiger partial charge is 0.337 e. The highest BCUT2D eigenvalue weighted by molar-refractivity contribution is 7.13. The van der Waals surface area contributed by atoms with Crippen LogP contribution in [0.5, 0.6) is 0 Å². The number of carbonyl (C=O) groups excluding carboxylic acids is 2. The van der Waals surface area contributed by atoms with Gasteiger partial charge in [0.1, 0.15) is 5.69 Å². The van der Waals surface area contributed by atoms with Gasteiger partial charge in [0.2, 0.25) is 0 Å². The van der Waals surface area contributed by atoms with E-state index in [9.17, 15) is 9.59 Å². The highest BCUT2D eigenvalue weighted by atomic mass is 32.1. The Morgan fingerprint density at radius 1 is 1.22 bits per heavy atom. The van der Waals surface area contributed by atoms with Gasteiger partial charge in [0, 0.05) is 11.1 Å². The Bertz CT molecular complexity index is 822. The summed E-state index contributed by atoms with van der Waals surface area (Å²) < 4.78 is 9.87. The van der Waals surface area contributed by atoms with Crippen molar-refractivity contribution in [2.24, 2.45) is 0 Å². The molecule has 0 saturated heterocycles. The van der Waals surface area contributed by atoms with Crippen LogP contribution in [0.3, 0.4) is 0 Å². The fourth-order valence-electron chi connectivity index (χ4n) is 1.89. The van der Waals surface area contributed by atoms with E-state index in [2.05, 4.69) is 15.0 Å². The maximum absolute atomic E-state index is 12.2. The molecule has 0 aliphatic heterocycles. The molecule has 23 heavy (non-hydrogen) atoms. The van der Waals surface area contributed by atoms with Gasteiger partial charge in [-0.2, -0.15) is 0 Å². The highest BCUT2D eigenvalue weighted by Crippen LogP contribution is 2.24. The van der Waals surface area contributed by atoms with Gasteiger partial charge in [-0.05, 0) is 36.4 Å². The standard InChI is InChI=1S/C16H12N2O4S/c1-21-16(20)10-4-6-11(7-5-10)17-14(19)12-9-23-15(18-12)13-3-2-8-22-13/h2-9H,1H3,(H,17,19). The van der Waals surface area contributed by atoms with Crippen molar-refractivity contribution in [2.45, 2.75) is 0 Å². The number of hydrogen-bond acceptors (Lipinski definition) is 6. The normalized spacial score (nSPS) is 10.3. The summed E-state index contributed by atoms with van der Waals surface area (Å²) in [6.45, 7) is 0. The number of benzene rings is 1. The number of hydrogen-bond donors (Lipinski definition) is 1. The fraction of sp³-hybridized carbons (Fsp3) is 0.0625. The molecule has 1 aromatic carbocycles. The monoisotopic (exact) mass is 328 g/mol. The molecule has 1 N–H and O–H groups in total. The molecule has 0 bridgehead atoms. The summed E-state index contributed by atoms with van der Waals surface area (Å²) in [6, 6.07) is 9.97. The van der Waals surface area contributed by atoms with Crippen LogP contribution >= 0.6 is 11.3 Å². The van der Waals surface area contributed by atoms with Crippen LogP contribution in [0.4, 0.5) is 5.69 Å². The lowest BCUT2D eigenvalue weighted by Gasteiger charge is -2.04. The average Bonchev–Trinajstić information content (AvgIpc) is 3.25. The topological polar surface area (TPSA) is 81.4 Å². The number of ether oxygens (including phenoxy) is 1. The van der Waals surface area contributed by atoms with Crippen LogP contribution in [0.25, 0.3) is 10.8 Å². The summed E-state index contributed by atoms with van der Waals surface area (Å²) in [4.78, 5) is 27.8. The third-order valence-corrected chi connectivity index (χ3v) is 3.89. The lowest BCUT2D eigenvalue weighted by Crippen LogP contribution is -2.12. The predicted octanol–water partition coefficient (Wildman–Crippen LogP) is 3.44. The van der Waals surface area contributed by atoms with E-state index in [-0.39, 0.29) is 5.91 Å². The zero-order valence-electron chi connectivity index (χ0n) is 12.1. The zero-order chi connectivity index (χ0) is 16.2. The first-order valence-corrected chi connectivity index (χ1v) is 7.54. The number of nitrogens with one attached hydrogen (secondary N) is 1. The molecular weight excluding hydrogens is 316 g/mol. The van der Waals surface area contributed by atoms with Gasteiger partial charge in [0.15, 0.2) is 10.8 Å². The average molecular weight is 328 g/mol. The Labute approximate surface area is 135 Å². The van der Waals surface area contributed by atoms with Gasteiger partial charge in [0.25, 0.3) is 5.91 Å². The molecule has 1 amide bonds. The third-order valence-electron chi connectivity index (χ3n) is 3.03. The maximum atomic E-state index is 12.2. The molecule has 0 spiro atoms. The summed E-state index contributed by atoms with van der Waals surface area (Å²) in [5.41, 5.74) is 1.29. The van der Waals surface area contributed by atoms with Crippen LogP contribution in [0.2, 0.25) is 0 Å². The molecule has 0 unspecified atom stereocenters. The first-order valence-electron chi connectivity index (χ1n) is 6.66. The minimum atomic E-state index is -0.425. The van der Waals surface area contributed by atoms with Gasteiger partial charge >= 0.3 is 5.97 Å². The number of methoxy groups -OCH3 is 1. The molecule has 7 heteroatoms. The fourth-order valence-corrected chi connectivity index (χ4v) is 2.66. The second kappa shape index (κ2) is 6.45. The summed E-state index contributed by atoms with van der Waals surface area (Å²) in [6.07, 6.45) is 1.55. The van der Waals surface area contributed by atoms with E-state index in [0.717, 1.165) is 0 Å². The molecule has 3 rings (SSSR count). The number of esters is 1. The maximum Gasteiger partial charge on any atom is 0.337 e. The quantitative estimate of drug-likeness (QED) is 0.742. The van der Waals surface area contributed by atoms with E-state index in [1.165, 1.54) is 18.4 Å². The van der Waals surface area contributed by atoms with Gasteiger partial charge in [0.05, 0.1) is 18.9 Å². The Balaban J connectivity index is 1.71. The Morgan fingerprint density at radius 3 is 2.65 bits per heavy atom. The largest absolute Gasteiger partial charge is 0.465 e. The number of anilines is 1. The molecule has 6 nitrogen and oxygen atoms in total. The highest BCUT2D eigenvalue weighted by Gasteiger charge is 2.14. The SMILES string of the molecule is COC(=O)c1ccc(NC(=O)c2csc(-c3ccco3)n2)cc1. The van der Waals surface area contributed by atoms with E-state index in [4.69, 9.17) is 4.42 Å². The van der Waals surface area contributed by atoms with Crippen molar-refractivity contribution in [1.82, 2.24) is 4.98 Å². The number of carbonyl (C=O) groups is 2. The molecule has 3 aromatic rings. The van der Waals surface area contributed by atoms with Gasteiger partial charge in [-0.15, -0.1) is 11.3 Å². The van der Waals surface area contributed by atoms with Gasteiger partial charge in [-0.1, -0.05) is 0 Å². The number of aromatic nitrogens is 1. The number of rotatable bonds is 4. The van der Waals surface area contributed by atoms with Crippen LogP contribution in [-0.2, 0) is 4.74 Å². The van der Waals surface area contributed by atoms with Gasteiger partial charge in [-0.25, -0.2) is 9.78 Å². The molecule has 2 aromatic heterocycles. The van der Waals surface area contributed by atoms with E-state index in [0.29, 0.717) is 27.7 Å². The molecule has 116 valence electrons. The zero-order valence-corrected chi connectivity index (χ0v) is 12.9. The van der Waals surface area contributed by atoms with Crippen molar-refractivity contribution < 1.29 is 18.7 Å². The van der Waals surface area contributed by atoms with Crippen molar-refractivity contribution in [3.8, 4) is 10.8 Å². The lowest BCUT2D eigenvalue weighted by molar-refractivity contribution is 0.0600. The van der Waals surface area contributed by atoms with Crippen LogP contribution in [0.15, 0.2) is 52.5 Å². The summed E-state index contributed by atoms with van der Waals surface area (Å²) in [7, 11) is 1.32. The molecular formula is C16H12N2O4S. The minimum absolute atomic E-state index is 0.304. The Hall–Kier alpha value is -2.93. The van der Waals surface area contributed by atoms with Crippen molar-refractivity contribution in [3.63, 3.8) is 0 Å². The number of amides is 1. The molecule has 0 aliphatic rings. The minimum Gasteiger partial charge on any atom is -0.465 e. The van der Waals surface area contributed by atoms with Crippen LogP contribution in [-0.4, -0.2) is 24.0 Å². The first kappa shape index (κ1) is 15.0. The van der Waals surface area contributed by atoms with Crippen molar-refractivity contribution in [1.29, 1.82) is 0 Å². The second-order valence-corrected chi connectivity index (χ2v) is 5.40. The van der Waals surface area contributed by atoms with Crippen LogP contribution in [0.1, 0.15) is 20.8 Å². The van der Waals surface area contributed by atoms with E-state index < -0.39 is 5.97 Å². The lowest BCUT2D eigenvalue weighted by atomic mass is 10.2. The predicted molar refractivity (Wildman–Crippen MR) is 85.6 cm³/mol. The Morgan fingerprint density at radius 2 is 2.00 bits per heavy atom.